The van der Waals surface area contributed by atoms with Gasteiger partial charge in [-0.1, -0.05) is 35.9 Å². The summed E-state index contributed by atoms with van der Waals surface area (Å²) in [6, 6.07) is 10.7. The number of nitrogens with one attached hydrogen (secondary N) is 1. The molecule has 2 unspecified atom stereocenters. The molecule has 0 saturated carbocycles. The van der Waals surface area contributed by atoms with Gasteiger partial charge in [-0.2, -0.15) is 0 Å². The van der Waals surface area contributed by atoms with Crippen LogP contribution < -0.4 is 5.32 Å². The van der Waals surface area contributed by atoms with E-state index < -0.39 is 29.6 Å². The van der Waals surface area contributed by atoms with Crippen molar-refractivity contribution in [3.8, 4) is 0 Å². The van der Waals surface area contributed by atoms with Crippen LogP contribution in [0.3, 0.4) is 0 Å². The largest absolute Gasteiger partial charge is 0.387 e. The summed E-state index contributed by atoms with van der Waals surface area (Å²) in [4.78, 5) is 12.1. The third-order valence-corrected chi connectivity index (χ3v) is 3.76. The lowest BCUT2D eigenvalue weighted by atomic mass is 9.98. The molecule has 0 heterocycles. The molecule has 0 saturated heterocycles. The summed E-state index contributed by atoms with van der Waals surface area (Å²) in [6.07, 6.45) is -0.878. The molecule has 0 radical (unpaired) electrons. The van der Waals surface area contributed by atoms with Gasteiger partial charge < -0.3 is 10.4 Å². The number of aryl methyl sites for hydroxylation is 1. The van der Waals surface area contributed by atoms with Crippen LogP contribution in [0.25, 0.3) is 0 Å². The van der Waals surface area contributed by atoms with E-state index in [4.69, 9.17) is 0 Å². The highest BCUT2D eigenvalue weighted by molar-refractivity contribution is 5.83. The van der Waals surface area contributed by atoms with Crippen LogP contribution in [-0.2, 0) is 4.79 Å². The summed E-state index contributed by atoms with van der Waals surface area (Å²) >= 11 is 0. The highest BCUT2D eigenvalue weighted by Crippen LogP contribution is 2.22. The first-order valence-corrected chi connectivity index (χ1v) is 7.36. The molecule has 5 heteroatoms. The summed E-state index contributed by atoms with van der Waals surface area (Å²) in [5.74, 6) is -3.04. The van der Waals surface area contributed by atoms with Crippen molar-refractivity contribution in [3.63, 3.8) is 0 Å². The predicted molar refractivity (Wildman–Crippen MR) is 83.9 cm³/mol. The zero-order chi connectivity index (χ0) is 17.0. The molecule has 2 atom stereocenters. The Bertz CT molecular complexity index is 666. The van der Waals surface area contributed by atoms with Crippen LogP contribution in [0.2, 0.25) is 0 Å². The number of rotatable bonds is 5. The molecule has 2 N–H and O–H groups in total. The molecular weight excluding hydrogens is 300 g/mol. The van der Waals surface area contributed by atoms with E-state index in [2.05, 4.69) is 5.32 Å². The third kappa shape index (κ3) is 4.13. The van der Waals surface area contributed by atoms with E-state index in [-0.39, 0.29) is 12.1 Å². The molecule has 2 aromatic carbocycles. The molecule has 0 aliphatic rings. The first-order chi connectivity index (χ1) is 10.9. The van der Waals surface area contributed by atoms with Gasteiger partial charge in [0.1, 0.15) is 11.6 Å². The predicted octanol–water partition coefficient (Wildman–Crippen LogP) is 3.23. The lowest BCUT2D eigenvalue weighted by molar-refractivity contribution is -0.122. The van der Waals surface area contributed by atoms with Crippen LogP contribution >= 0.6 is 0 Å². The van der Waals surface area contributed by atoms with Crippen molar-refractivity contribution >= 4 is 5.91 Å². The van der Waals surface area contributed by atoms with Gasteiger partial charge in [-0.05, 0) is 31.5 Å². The molecule has 2 aromatic rings. The van der Waals surface area contributed by atoms with Gasteiger partial charge in [-0.15, -0.1) is 0 Å². The van der Waals surface area contributed by atoms with Gasteiger partial charge >= 0.3 is 0 Å². The van der Waals surface area contributed by atoms with Gasteiger partial charge in [0.2, 0.25) is 5.91 Å². The van der Waals surface area contributed by atoms with E-state index in [1.807, 2.05) is 19.1 Å². The molecule has 0 aromatic heterocycles. The summed E-state index contributed by atoms with van der Waals surface area (Å²) in [6.45, 7) is 3.33. The molecule has 0 aliphatic carbocycles. The number of carbonyl (C=O) groups is 1. The van der Waals surface area contributed by atoms with Crippen LogP contribution in [0.15, 0.2) is 42.5 Å². The first-order valence-electron chi connectivity index (χ1n) is 7.36. The molecule has 2 rings (SSSR count). The Morgan fingerprint density at radius 1 is 1.13 bits per heavy atom. The number of carbonyl (C=O) groups excluding carboxylic acids is 1. The summed E-state index contributed by atoms with van der Waals surface area (Å²) in [7, 11) is 0. The number of hydrogen-bond donors (Lipinski definition) is 2. The van der Waals surface area contributed by atoms with Crippen LogP contribution in [0.4, 0.5) is 8.78 Å². The molecule has 3 nitrogen and oxygen atoms in total. The Hall–Kier alpha value is -2.27. The van der Waals surface area contributed by atoms with Gasteiger partial charge in [0.15, 0.2) is 0 Å². The van der Waals surface area contributed by atoms with E-state index in [0.29, 0.717) is 5.56 Å². The minimum Gasteiger partial charge on any atom is -0.387 e. The SMILES string of the molecule is Cc1ccc(C(O)CNC(=O)C(C)c2c(F)cccc2F)cc1. The van der Waals surface area contributed by atoms with Crippen LogP contribution in [0.1, 0.15) is 35.6 Å². The van der Waals surface area contributed by atoms with Gasteiger partial charge in [-0.3, -0.25) is 4.79 Å². The van der Waals surface area contributed by atoms with E-state index in [1.54, 1.807) is 12.1 Å². The average molecular weight is 319 g/mol. The van der Waals surface area contributed by atoms with E-state index in [9.17, 15) is 18.7 Å². The molecule has 0 bridgehead atoms. The molecule has 0 aliphatic heterocycles. The van der Waals surface area contributed by atoms with E-state index >= 15 is 0 Å². The first kappa shape index (κ1) is 17.1. The average Bonchev–Trinajstić information content (AvgIpc) is 2.52. The van der Waals surface area contributed by atoms with Gasteiger partial charge in [0, 0.05) is 12.1 Å². The number of benzene rings is 2. The van der Waals surface area contributed by atoms with Gasteiger partial charge in [-0.25, -0.2) is 8.78 Å². The van der Waals surface area contributed by atoms with Gasteiger partial charge in [0.05, 0.1) is 12.0 Å². The second kappa shape index (κ2) is 7.33. The Balaban J connectivity index is 2.00. The highest BCUT2D eigenvalue weighted by atomic mass is 19.1. The third-order valence-electron chi connectivity index (χ3n) is 3.76. The lowest BCUT2D eigenvalue weighted by Crippen LogP contribution is -2.32. The van der Waals surface area contributed by atoms with Crippen molar-refractivity contribution in [1.29, 1.82) is 0 Å². The fourth-order valence-electron chi connectivity index (χ4n) is 2.31. The Morgan fingerprint density at radius 2 is 1.70 bits per heavy atom. The highest BCUT2D eigenvalue weighted by Gasteiger charge is 2.23. The second-order valence-corrected chi connectivity index (χ2v) is 5.53. The summed E-state index contributed by atoms with van der Waals surface area (Å²) in [5.41, 5.74) is 1.46. The zero-order valence-corrected chi connectivity index (χ0v) is 13.0. The van der Waals surface area contributed by atoms with Crippen molar-refractivity contribution in [2.24, 2.45) is 0 Å². The molecule has 0 spiro atoms. The maximum Gasteiger partial charge on any atom is 0.227 e. The maximum absolute atomic E-state index is 13.7. The number of amides is 1. The number of aliphatic hydroxyl groups is 1. The molecular formula is C18H19F2NO2. The Morgan fingerprint density at radius 3 is 2.26 bits per heavy atom. The van der Waals surface area contributed by atoms with Crippen molar-refractivity contribution in [1.82, 2.24) is 5.32 Å². The summed E-state index contributed by atoms with van der Waals surface area (Å²) in [5, 5.41) is 12.6. The van der Waals surface area contributed by atoms with Gasteiger partial charge in [0.25, 0.3) is 0 Å². The normalized spacial score (nSPS) is 13.4. The standard InChI is InChI=1S/C18H19F2NO2/c1-11-6-8-13(9-7-11)16(22)10-21-18(23)12(2)17-14(19)4-3-5-15(17)20/h3-9,12,16,22H,10H2,1-2H3,(H,21,23). The van der Waals surface area contributed by atoms with Crippen molar-refractivity contribution in [2.75, 3.05) is 6.54 Å². The number of aliphatic hydroxyl groups excluding tert-OH is 1. The minimum atomic E-state index is -0.985. The van der Waals surface area contributed by atoms with E-state index in [0.717, 1.165) is 17.7 Å². The smallest absolute Gasteiger partial charge is 0.227 e. The Kier molecular flexibility index (Phi) is 5.45. The fraction of sp³-hybridized carbons (Fsp3) is 0.278. The quantitative estimate of drug-likeness (QED) is 0.889. The fourth-order valence-corrected chi connectivity index (χ4v) is 2.31. The number of hydrogen-bond acceptors (Lipinski definition) is 2. The lowest BCUT2D eigenvalue weighted by Gasteiger charge is -2.17. The monoisotopic (exact) mass is 319 g/mol. The van der Waals surface area contributed by atoms with Crippen LogP contribution in [-0.4, -0.2) is 17.6 Å². The molecule has 0 fully saturated rings. The van der Waals surface area contributed by atoms with Crippen LogP contribution in [0, 0.1) is 18.6 Å². The Labute approximate surface area is 134 Å². The molecule has 122 valence electrons. The molecule has 23 heavy (non-hydrogen) atoms. The maximum atomic E-state index is 13.7. The second-order valence-electron chi connectivity index (χ2n) is 5.53. The van der Waals surface area contributed by atoms with Crippen molar-refractivity contribution in [2.45, 2.75) is 25.9 Å². The van der Waals surface area contributed by atoms with Crippen molar-refractivity contribution < 1.29 is 18.7 Å². The molecule has 1 amide bonds. The number of halogens is 2. The zero-order valence-electron chi connectivity index (χ0n) is 13.0. The van der Waals surface area contributed by atoms with Crippen LogP contribution in [0.5, 0.6) is 0 Å². The van der Waals surface area contributed by atoms with Crippen molar-refractivity contribution in [3.05, 3.63) is 70.8 Å². The summed E-state index contributed by atoms with van der Waals surface area (Å²) < 4.78 is 27.4. The van der Waals surface area contributed by atoms with E-state index in [1.165, 1.54) is 13.0 Å². The topological polar surface area (TPSA) is 49.3 Å². The minimum absolute atomic E-state index is 0.0255.